The van der Waals surface area contributed by atoms with Gasteiger partial charge in [0, 0.05) is 13.2 Å². The highest BCUT2D eigenvalue weighted by Gasteiger charge is 2.15. The summed E-state index contributed by atoms with van der Waals surface area (Å²) in [6.07, 6.45) is 4.72. The number of hydrogen-bond donors (Lipinski definition) is 1. The van der Waals surface area contributed by atoms with E-state index < -0.39 is 6.23 Å². The largest absolute Gasteiger partial charge is 0.496 e. The van der Waals surface area contributed by atoms with Gasteiger partial charge < -0.3 is 14.7 Å². The van der Waals surface area contributed by atoms with Gasteiger partial charge in [0.05, 0.1) is 7.11 Å². The maximum atomic E-state index is 9.32. The molecule has 0 spiro atoms. The van der Waals surface area contributed by atoms with Crippen LogP contribution in [0.25, 0.3) is 0 Å². The van der Waals surface area contributed by atoms with Crippen molar-refractivity contribution in [2.45, 2.75) is 6.23 Å². The number of ether oxygens (including phenoxy) is 1. The summed E-state index contributed by atoms with van der Waals surface area (Å²) in [6.45, 7) is 0. The van der Waals surface area contributed by atoms with Crippen LogP contribution in [0, 0.1) is 0 Å². The van der Waals surface area contributed by atoms with Crippen molar-refractivity contribution in [1.82, 2.24) is 4.90 Å². The van der Waals surface area contributed by atoms with Gasteiger partial charge in [-0.2, -0.15) is 0 Å². The van der Waals surface area contributed by atoms with Gasteiger partial charge in [-0.05, 0) is 12.2 Å². The van der Waals surface area contributed by atoms with E-state index in [0.29, 0.717) is 5.76 Å². The lowest BCUT2D eigenvalue weighted by molar-refractivity contribution is 0.0347. The third-order valence-corrected chi connectivity index (χ3v) is 1.46. The number of nitrogens with zero attached hydrogens (tertiary/aromatic N) is 1. The highest BCUT2D eigenvalue weighted by atomic mass is 16.5. The van der Waals surface area contributed by atoms with E-state index in [1.807, 2.05) is 6.08 Å². The van der Waals surface area contributed by atoms with Gasteiger partial charge in [-0.15, -0.1) is 0 Å². The Kier molecular flexibility index (Phi) is 1.97. The van der Waals surface area contributed by atoms with Gasteiger partial charge in [0.15, 0.2) is 6.23 Å². The Hall–Kier alpha value is -0.960. The monoisotopic (exact) mass is 141 g/mol. The van der Waals surface area contributed by atoms with Gasteiger partial charge in [-0.25, -0.2) is 0 Å². The van der Waals surface area contributed by atoms with Crippen LogP contribution in [0.2, 0.25) is 0 Å². The Balaban J connectivity index is 2.71. The molecule has 3 heteroatoms. The topological polar surface area (TPSA) is 32.7 Å². The third kappa shape index (κ3) is 1.14. The number of hydrogen-bond acceptors (Lipinski definition) is 3. The van der Waals surface area contributed by atoms with Crippen LogP contribution in [-0.4, -0.2) is 30.4 Å². The van der Waals surface area contributed by atoms with Crippen molar-refractivity contribution >= 4 is 0 Å². The van der Waals surface area contributed by atoms with E-state index in [4.69, 9.17) is 4.74 Å². The summed E-state index contributed by atoms with van der Waals surface area (Å²) in [5.74, 6) is 0.574. The molecule has 1 unspecified atom stereocenters. The average Bonchev–Trinajstić information content (AvgIpc) is 1.95. The van der Waals surface area contributed by atoms with Gasteiger partial charge in [0.2, 0.25) is 0 Å². The highest BCUT2D eigenvalue weighted by molar-refractivity contribution is 5.15. The molecule has 0 aliphatic carbocycles. The molecule has 0 aromatic heterocycles. The van der Waals surface area contributed by atoms with E-state index >= 15 is 0 Å². The average molecular weight is 141 g/mol. The minimum atomic E-state index is -0.630. The van der Waals surface area contributed by atoms with Crippen LogP contribution in [0.3, 0.4) is 0 Å². The molecule has 3 nitrogen and oxygen atoms in total. The van der Waals surface area contributed by atoms with Crippen LogP contribution in [0.5, 0.6) is 0 Å². The SMILES string of the molecule is COC1=CC=CN(C)C1O. The summed E-state index contributed by atoms with van der Waals surface area (Å²) in [6, 6.07) is 0. The van der Waals surface area contributed by atoms with Crippen molar-refractivity contribution in [2.75, 3.05) is 14.2 Å². The molecular weight excluding hydrogens is 130 g/mol. The molecule has 56 valence electrons. The number of methoxy groups -OCH3 is 1. The van der Waals surface area contributed by atoms with Crippen molar-refractivity contribution in [1.29, 1.82) is 0 Å². The summed E-state index contributed by atoms with van der Waals surface area (Å²) in [4.78, 5) is 1.67. The normalized spacial score (nSPS) is 24.5. The molecule has 0 fully saturated rings. The summed E-state index contributed by atoms with van der Waals surface area (Å²) >= 11 is 0. The van der Waals surface area contributed by atoms with Crippen LogP contribution in [-0.2, 0) is 4.74 Å². The number of likely N-dealkylation sites (N-methyl/N-ethyl adjacent to an activating group) is 1. The number of aliphatic hydroxyl groups is 1. The molecule has 0 saturated carbocycles. The van der Waals surface area contributed by atoms with Gasteiger partial charge in [0.1, 0.15) is 5.76 Å². The van der Waals surface area contributed by atoms with Gasteiger partial charge in [0.25, 0.3) is 0 Å². The lowest BCUT2D eigenvalue weighted by Crippen LogP contribution is -2.30. The standard InChI is InChI=1S/C7H11NO2/c1-8-5-3-4-6(10-2)7(8)9/h3-5,7,9H,1-2H3. The molecule has 10 heavy (non-hydrogen) atoms. The van der Waals surface area contributed by atoms with E-state index in [0.717, 1.165) is 0 Å². The fraction of sp³-hybridized carbons (Fsp3) is 0.429. The maximum absolute atomic E-state index is 9.32. The number of allylic oxidation sites excluding steroid dienone is 2. The minimum absolute atomic E-state index is 0.574. The molecule has 0 saturated heterocycles. The Morgan fingerprint density at radius 2 is 2.40 bits per heavy atom. The van der Waals surface area contributed by atoms with Crippen molar-refractivity contribution < 1.29 is 9.84 Å². The van der Waals surface area contributed by atoms with Crippen LogP contribution < -0.4 is 0 Å². The van der Waals surface area contributed by atoms with Gasteiger partial charge in [-0.1, -0.05) is 0 Å². The molecule has 1 N–H and O–H groups in total. The third-order valence-electron chi connectivity index (χ3n) is 1.46. The molecule has 1 heterocycles. The predicted octanol–water partition coefficient (Wildman–Crippen LogP) is 0.294. The molecule has 1 atom stereocenters. The minimum Gasteiger partial charge on any atom is -0.496 e. The maximum Gasteiger partial charge on any atom is 0.185 e. The fourth-order valence-electron chi connectivity index (χ4n) is 0.815. The molecule has 0 aromatic rings. The summed E-state index contributed by atoms with van der Waals surface area (Å²) in [5, 5.41) is 9.32. The quantitative estimate of drug-likeness (QED) is 0.570. The Labute approximate surface area is 60.2 Å². The fourth-order valence-corrected chi connectivity index (χ4v) is 0.815. The van der Waals surface area contributed by atoms with Crippen molar-refractivity contribution in [2.24, 2.45) is 0 Å². The molecule has 1 rings (SSSR count). The first-order chi connectivity index (χ1) is 4.75. The molecule has 0 amide bonds. The molecular formula is C7H11NO2. The Morgan fingerprint density at radius 1 is 1.70 bits per heavy atom. The van der Waals surface area contributed by atoms with Gasteiger partial charge >= 0.3 is 0 Å². The first-order valence-corrected chi connectivity index (χ1v) is 3.08. The smallest absolute Gasteiger partial charge is 0.185 e. The molecule has 1 aliphatic heterocycles. The zero-order valence-corrected chi connectivity index (χ0v) is 6.11. The van der Waals surface area contributed by atoms with E-state index in [9.17, 15) is 5.11 Å². The molecule has 0 aromatic carbocycles. The van der Waals surface area contributed by atoms with Gasteiger partial charge in [-0.3, -0.25) is 0 Å². The molecule has 0 bridgehead atoms. The summed E-state index contributed by atoms with van der Waals surface area (Å²) in [5.41, 5.74) is 0. The van der Waals surface area contributed by atoms with Crippen LogP contribution >= 0.6 is 0 Å². The summed E-state index contributed by atoms with van der Waals surface area (Å²) in [7, 11) is 3.33. The second-order valence-electron chi connectivity index (χ2n) is 2.15. The first-order valence-electron chi connectivity index (χ1n) is 3.08. The lowest BCUT2D eigenvalue weighted by Gasteiger charge is -2.25. The lowest BCUT2D eigenvalue weighted by atomic mass is 10.3. The Bertz CT molecular complexity index is 174. The number of rotatable bonds is 1. The zero-order valence-electron chi connectivity index (χ0n) is 6.11. The second-order valence-corrected chi connectivity index (χ2v) is 2.15. The Morgan fingerprint density at radius 3 is 2.90 bits per heavy atom. The predicted molar refractivity (Wildman–Crippen MR) is 38.0 cm³/mol. The van der Waals surface area contributed by atoms with E-state index in [-0.39, 0.29) is 0 Å². The highest BCUT2D eigenvalue weighted by Crippen LogP contribution is 2.11. The van der Waals surface area contributed by atoms with E-state index in [2.05, 4.69) is 0 Å². The van der Waals surface area contributed by atoms with Crippen LogP contribution in [0.15, 0.2) is 24.1 Å². The van der Waals surface area contributed by atoms with Crippen LogP contribution in [0.1, 0.15) is 0 Å². The molecule has 1 aliphatic rings. The van der Waals surface area contributed by atoms with Crippen molar-refractivity contribution in [3.05, 3.63) is 24.1 Å². The van der Waals surface area contributed by atoms with Crippen LogP contribution in [0.4, 0.5) is 0 Å². The zero-order chi connectivity index (χ0) is 7.56. The van der Waals surface area contributed by atoms with E-state index in [1.54, 1.807) is 31.3 Å². The first kappa shape index (κ1) is 7.15. The van der Waals surface area contributed by atoms with Crippen molar-refractivity contribution in [3.8, 4) is 0 Å². The second kappa shape index (κ2) is 2.75. The van der Waals surface area contributed by atoms with Crippen molar-refractivity contribution in [3.63, 3.8) is 0 Å². The number of aliphatic hydroxyl groups excluding tert-OH is 1. The molecule has 0 radical (unpaired) electrons. The summed E-state index contributed by atoms with van der Waals surface area (Å²) < 4.78 is 4.89. The van der Waals surface area contributed by atoms with E-state index in [1.165, 1.54) is 0 Å².